The molecule has 2 rings (SSSR count). The van der Waals surface area contributed by atoms with Crippen molar-refractivity contribution in [2.75, 3.05) is 7.11 Å². The average molecular weight is 308 g/mol. The highest BCUT2D eigenvalue weighted by Gasteiger charge is 2.15. The van der Waals surface area contributed by atoms with Gasteiger partial charge in [-0.3, -0.25) is 4.68 Å². The van der Waals surface area contributed by atoms with E-state index >= 15 is 0 Å². The Morgan fingerprint density at radius 2 is 2.05 bits per heavy atom. The van der Waals surface area contributed by atoms with Gasteiger partial charge in [0.1, 0.15) is 5.75 Å². The third kappa shape index (κ3) is 3.57. The highest BCUT2D eigenvalue weighted by atomic mass is 35.5. The molecule has 1 aromatic heterocycles. The van der Waals surface area contributed by atoms with Gasteiger partial charge < -0.3 is 10.5 Å². The van der Waals surface area contributed by atoms with Crippen molar-refractivity contribution in [2.24, 2.45) is 12.8 Å². The number of aryl methyl sites for hydroxylation is 2. The molecular weight excluding hydrogens is 286 g/mol. The number of hydrogen-bond acceptors (Lipinski definition) is 3. The molecule has 0 aliphatic rings. The van der Waals surface area contributed by atoms with E-state index in [0.717, 1.165) is 29.8 Å². The Morgan fingerprint density at radius 1 is 1.33 bits per heavy atom. The summed E-state index contributed by atoms with van der Waals surface area (Å²) in [7, 11) is 3.62. The third-order valence-electron chi connectivity index (χ3n) is 3.85. The van der Waals surface area contributed by atoms with Crippen LogP contribution in [-0.2, 0) is 19.9 Å². The maximum atomic E-state index is 6.32. The van der Waals surface area contributed by atoms with E-state index < -0.39 is 0 Å². The van der Waals surface area contributed by atoms with Gasteiger partial charge in [0, 0.05) is 23.8 Å². The van der Waals surface area contributed by atoms with E-state index in [-0.39, 0.29) is 6.04 Å². The lowest BCUT2D eigenvalue weighted by atomic mass is 9.98. The van der Waals surface area contributed by atoms with E-state index in [0.29, 0.717) is 5.02 Å². The summed E-state index contributed by atoms with van der Waals surface area (Å²) in [5.41, 5.74) is 10.8. The van der Waals surface area contributed by atoms with Gasteiger partial charge in [-0.05, 0) is 56.0 Å². The smallest absolute Gasteiger partial charge is 0.122 e. The molecule has 1 unspecified atom stereocenters. The van der Waals surface area contributed by atoms with Gasteiger partial charge in [-0.25, -0.2) is 0 Å². The fourth-order valence-electron chi connectivity index (χ4n) is 2.64. The fourth-order valence-corrected chi connectivity index (χ4v) is 2.83. The number of nitrogens with two attached hydrogens (primary N) is 1. The second-order valence-corrected chi connectivity index (χ2v) is 5.83. The standard InChI is InChI=1S/C16H22ClN3O/c1-10-15(11(2)20(3)19-10)9-14(18)8-12-7-13(17)5-6-16(12)21-4/h5-7,14H,8-9,18H2,1-4H3. The van der Waals surface area contributed by atoms with E-state index in [1.54, 1.807) is 7.11 Å². The van der Waals surface area contributed by atoms with Crippen molar-refractivity contribution in [3.63, 3.8) is 0 Å². The first-order valence-corrected chi connectivity index (χ1v) is 7.37. The minimum absolute atomic E-state index is 0.000957. The molecule has 0 aliphatic heterocycles. The Balaban J connectivity index is 2.15. The van der Waals surface area contributed by atoms with Crippen LogP contribution < -0.4 is 10.5 Å². The molecule has 0 saturated carbocycles. The summed E-state index contributed by atoms with van der Waals surface area (Å²) in [6, 6.07) is 5.62. The van der Waals surface area contributed by atoms with Crippen molar-refractivity contribution in [1.82, 2.24) is 9.78 Å². The molecule has 0 spiro atoms. The maximum absolute atomic E-state index is 6.32. The Bertz CT molecular complexity index is 637. The number of rotatable bonds is 5. The molecule has 5 heteroatoms. The van der Waals surface area contributed by atoms with Crippen molar-refractivity contribution in [1.29, 1.82) is 0 Å². The van der Waals surface area contributed by atoms with Crippen LogP contribution in [-0.4, -0.2) is 22.9 Å². The predicted octanol–water partition coefficient (Wildman–Crippen LogP) is 2.81. The Labute approximate surface area is 130 Å². The number of aromatic nitrogens is 2. The normalized spacial score (nSPS) is 12.5. The van der Waals surface area contributed by atoms with Crippen molar-refractivity contribution in [3.05, 3.63) is 45.7 Å². The van der Waals surface area contributed by atoms with Crippen LogP contribution in [0, 0.1) is 13.8 Å². The van der Waals surface area contributed by atoms with Gasteiger partial charge >= 0.3 is 0 Å². The lowest BCUT2D eigenvalue weighted by molar-refractivity contribution is 0.407. The lowest BCUT2D eigenvalue weighted by Crippen LogP contribution is -2.26. The molecule has 2 N–H and O–H groups in total. The molecule has 0 aliphatic carbocycles. The largest absolute Gasteiger partial charge is 0.496 e. The molecule has 114 valence electrons. The number of nitrogens with zero attached hydrogens (tertiary/aromatic N) is 2. The van der Waals surface area contributed by atoms with E-state index in [9.17, 15) is 0 Å². The van der Waals surface area contributed by atoms with Gasteiger partial charge in [-0.15, -0.1) is 0 Å². The van der Waals surface area contributed by atoms with Crippen LogP contribution in [0.15, 0.2) is 18.2 Å². The van der Waals surface area contributed by atoms with Crippen molar-refractivity contribution < 1.29 is 4.74 Å². The van der Waals surface area contributed by atoms with Crippen LogP contribution in [0.1, 0.15) is 22.5 Å². The number of methoxy groups -OCH3 is 1. The molecular formula is C16H22ClN3O. The molecule has 0 radical (unpaired) electrons. The first-order valence-electron chi connectivity index (χ1n) is 6.99. The fraction of sp³-hybridized carbons (Fsp3) is 0.438. The first kappa shape index (κ1) is 15.9. The van der Waals surface area contributed by atoms with E-state index in [1.807, 2.05) is 36.9 Å². The second kappa shape index (κ2) is 6.50. The topological polar surface area (TPSA) is 53.1 Å². The summed E-state index contributed by atoms with van der Waals surface area (Å²) < 4.78 is 7.27. The molecule has 0 saturated heterocycles. The summed E-state index contributed by atoms with van der Waals surface area (Å²) in [4.78, 5) is 0. The van der Waals surface area contributed by atoms with Crippen LogP contribution in [0.25, 0.3) is 0 Å². The third-order valence-corrected chi connectivity index (χ3v) is 4.08. The molecule has 0 amide bonds. The monoisotopic (exact) mass is 307 g/mol. The summed E-state index contributed by atoms with van der Waals surface area (Å²) in [6.07, 6.45) is 1.51. The number of benzene rings is 1. The minimum Gasteiger partial charge on any atom is -0.496 e. The molecule has 0 fully saturated rings. The summed E-state index contributed by atoms with van der Waals surface area (Å²) >= 11 is 6.06. The van der Waals surface area contributed by atoms with Crippen molar-refractivity contribution >= 4 is 11.6 Å². The Morgan fingerprint density at radius 3 is 2.62 bits per heavy atom. The number of hydrogen-bond donors (Lipinski definition) is 1. The predicted molar refractivity (Wildman–Crippen MR) is 86.1 cm³/mol. The molecule has 0 bridgehead atoms. The van der Waals surface area contributed by atoms with E-state index in [4.69, 9.17) is 22.1 Å². The van der Waals surface area contributed by atoms with Crippen molar-refractivity contribution in [3.8, 4) is 5.75 Å². The van der Waals surface area contributed by atoms with E-state index in [1.165, 1.54) is 11.3 Å². The van der Waals surface area contributed by atoms with Gasteiger partial charge in [0.15, 0.2) is 0 Å². The molecule has 2 aromatic rings. The second-order valence-electron chi connectivity index (χ2n) is 5.40. The van der Waals surface area contributed by atoms with Crippen LogP contribution in [0.2, 0.25) is 5.02 Å². The number of halogens is 1. The summed E-state index contributed by atoms with van der Waals surface area (Å²) in [5, 5.41) is 5.13. The zero-order valence-corrected chi connectivity index (χ0v) is 13.7. The highest BCUT2D eigenvalue weighted by molar-refractivity contribution is 6.30. The molecule has 1 aromatic carbocycles. The summed E-state index contributed by atoms with van der Waals surface area (Å²) in [6.45, 7) is 4.09. The van der Waals surface area contributed by atoms with Gasteiger partial charge in [0.05, 0.1) is 12.8 Å². The summed E-state index contributed by atoms with van der Waals surface area (Å²) in [5.74, 6) is 0.828. The van der Waals surface area contributed by atoms with Crippen LogP contribution in [0.4, 0.5) is 0 Å². The molecule has 4 nitrogen and oxygen atoms in total. The first-order chi connectivity index (χ1) is 9.92. The molecule has 1 atom stereocenters. The average Bonchev–Trinajstić information content (AvgIpc) is 2.66. The minimum atomic E-state index is -0.000957. The van der Waals surface area contributed by atoms with Crippen LogP contribution >= 0.6 is 11.6 Å². The molecule has 21 heavy (non-hydrogen) atoms. The van der Waals surface area contributed by atoms with Crippen molar-refractivity contribution in [2.45, 2.75) is 32.7 Å². The number of ether oxygens (including phenoxy) is 1. The maximum Gasteiger partial charge on any atom is 0.122 e. The zero-order chi connectivity index (χ0) is 15.6. The van der Waals surface area contributed by atoms with Gasteiger partial charge in [-0.1, -0.05) is 11.6 Å². The van der Waals surface area contributed by atoms with Gasteiger partial charge in [-0.2, -0.15) is 5.10 Å². The van der Waals surface area contributed by atoms with Gasteiger partial charge in [0.2, 0.25) is 0 Å². The van der Waals surface area contributed by atoms with Crippen LogP contribution in [0.5, 0.6) is 5.75 Å². The molecule has 1 heterocycles. The van der Waals surface area contributed by atoms with Gasteiger partial charge in [0.25, 0.3) is 0 Å². The zero-order valence-electron chi connectivity index (χ0n) is 13.0. The lowest BCUT2D eigenvalue weighted by Gasteiger charge is -2.15. The van der Waals surface area contributed by atoms with Crippen LogP contribution in [0.3, 0.4) is 0 Å². The highest BCUT2D eigenvalue weighted by Crippen LogP contribution is 2.24. The van der Waals surface area contributed by atoms with E-state index in [2.05, 4.69) is 12.0 Å². The Hall–Kier alpha value is -1.52. The SMILES string of the molecule is COc1ccc(Cl)cc1CC(N)Cc1c(C)nn(C)c1C. The Kier molecular flexibility index (Phi) is 4.91. The quantitative estimate of drug-likeness (QED) is 0.924.